The Bertz CT molecular complexity index is 869. The van der Waals surface area contributed by atoms with Gasteiger partial charge >= 0.3 is 0 Å². The van der Waals surface area contributed by atoms with E-state index in [0.29, 0.717) is 22.6 Å². The molecule has 126 valence electrons. The monoisotopic (exact) mass is 351 g/mol. The second-order valence-corrected chi connectivity index (χ2v) is 6.89. The Morgan fingerprint density at radius 3 is 2.80 bits per heavy atom. The number of aryl methyl sites for hydroxylation is 2. The van der Waals surface area contributed by atoms with Gasteiger partial charge in [-0.2, -0.15) is 5.26 Å². The first-order chi connectivity index (χ1) is 12.1. The number of carbonyl (C=O) groups excluding carboxylic acids is 2. The number of anilines is 1. The molecule has 3 rings (SSSR count). The number of hydrogen-bond acceptors (Lipinski definition) is 5. The number of amides is 1. The van der Waals surface area contributed by atoms with Crippen molar-refractivity contribution in [2.45, 2.75) is 31.2 Å². The van der Waals surface area contributed by atoms with Crippen molar-refractivity contribution in [3.63, 3.8) is 0 Å². The van der Waals surface area contributed by atoms with Gasteiger partial charge in [0, 0.05) is 17.7 Å². The van der Waals surface area contributed by atoms with Crippen molar-refractivity contribution in [2.75, 3.05) is 11.1 Å². The van der Waals surface area contributed by atoms with Gasteiger partial charge in [0.15, 0.2) is 5.78 Å². The number of benzene rings is 1. The summed E-state index contributed by atoms with van der Waals surface area (Å²) in [5.41, 5.74) is 3.50. The number of rotatable bonds is 4. The number of nitrogens with one attached hydrogen (secondary N) is 1. The number of Topliss-reactive ketones (excluding diaryl/α,β-unsaturated/α-hetero) is 1. The highest BCUT2D eigenvalue weighted by Crippen LogP contribution is 2.27. The summed E-state index contributed by atoms with van der Waals surface area (Å²) in [6, 6.07) is 11.2. The molecule has 0 bridgehead atoms. The molecule has 1 N–H and O–H groups in total. The minimum Gasteiger partial charge on any atom is -0.325 e. The number of ketones is 1. The maximum Gasteiger partial charge on any atom is 0.234 e. The topological polar surface area (TPSA) is 82.8 Å². The number of pyridine rings is 1. The molecule has 5 nitrogen and oxygen atoms in total. The van der Waals surface area contributed by atoms with Crippen LogP contribution in [0.15, 0.2) is 35.4 Å². The average molecular weight is 351 g/mol. The van der Waals surface area contributed by atoms with Crippen LogP contribution >= 0.6 is 11.8 Å². The molecule has 0 atom stereocenters. The van der Waals surface area contributed by atoms with E-state index in [1.807, 2.05) is 31.2 Å². The van der Waals surface area contributed by atoms with Crippen LogP contribution in [0.4, 0.5) is 5.69 Å². The molecule has 0 saturated carbocycles. The summed E-state index contributed by atoms with van der Waals surface area (Å²) in [6.07, 6.45) is 2.02. The Hall–Kier alpha value is -2.65. The molecule has 25 heavy (non-hydrogen) atoms. The van der Waals surface area contributed by atoms with E-state index in [4.69, 9.17) is 0 Å². The van der Waals surface area contributed by atoms with Crippen LogP contribution in [0.2, 0.25) is 0 Å². The van der Waals surface area contributed by atoms with Gasteiger partial charge in [-0.25, -0.2) is 4.98 Å². The third kappa shape index (κ3) is 4.06. The van der Waals surface area contributed by atoms with Crippen molar-refractivity contribution in [1.29, 1.82) is 5.26 Å². The van der Waals surface area contributed by atoms with E-state index in [0.717, 1.165) is 29.8 Å². The van der Waals surface area contributed by atoms with Gasteiger partial charge in [0.25, 0.3) is 0 Å². The first-order valence-corrected chi connectivity index (χ1v) is 9.02. The van der Waals surface area contributed by atoms with Crippen LogP contribution in [0.1, 0.15) is 40.0 Å². The van der Waals surface area contributed by atoms with Gasteiger partial charge in [0.05, 0.1) is 17.0 Å². The third-order valence-electron chi connectivity index (χ3n) is 3.98. The largest absolute Gasteiger partial charge is 0.325 e. The van der Waals surface area contributed by atoms with Crippen molar-refractivity contribution in [3.8, 4) is 6.07 Å². The fourth-order valence-corrected chi connectivity index (χ4v) is 3.45. The summed E-state index contributed by atoms with van der Waals surface area (Å²) in [4.78, 5) is 28.5. The van der Waals surface area contributed by atoms with Gasteiger partial charge in [-0.1, -0.05) is 29.5 Å². The lowest BCUT2D eigenvalue weighted by Crippen LogP contribution is -2.16. The van der Waals surface area contributed by atoms with Gasteiger partial charge in [0.2, 0.25) is 5.91 Å². The molecule has 0 fully saturated rings. The third-order valence-corrected chi connectivity index (χ3v) is 4.97. The fourth-order valence-electron chi connectivity index (χ4n) is 2.67. The van der Waals surface area contributed by atoms with Gasteiger partial charge in [-0.3, -0.25) is 9.59 Å². The second kappa shape index (κ2) is 7.49. The number of fused-ring (bicyclic) bond motifs is 1. The first-order valence-electron chi connectivity index (χ1n) is 8.03. The standard InChI is InChI=1S/C19H17N3O2S/c1-12-5-7-14(8-6-12)21-18(24)11-25-19-13(10-20)9-15-16(22-19)3-2-4-17(15)23/h5-9H,2-4,11H2,1H3,(H,21,24). The van der Waals surface area contributed by atoms with Crippen molar-refractivity contribution in [3.05, 3.63) is 52.7 Å². The van der Waals surface area contributed by atoms with Gasteiger partial charge in [0.1, 0.15) is 11.1 Å². The molecule has 1 aromatic carbocycles. The molecule has 1 amide bonds. The SMILES string of the molecule is Cc1ccc(NC(=O)CSc2nc3c(cc2C#N)C(=O)CCC3)cc1. The molecule has 0 saturated heterocycles. The molecular formula is C19H17N3O2S. The second-order valence-electron chi connectivity index (χ2n) is 5.93. The van der Waals surface area contributed by atoms with Crippen molar-refractivity contribution >= 4 is 29.1 Å². The molecule has 0 unspecified atom stereocenters. The van der Waals surface area contributed by atoms with Crippen LogP contribution in [-0.4, -0.2) is 22.4 Å². The molecule has 2 aromatic rings. The lowest BCUT2D eigenvalue weighted by atomic mass is 9.94. The lowest BCUT2D eigenvalue weighted by Gasteiger charge is -2.15. The van der Waals surface area contributed by atoms with E-state index >= 15 is 0 Å². The summed E-state index contributed by atoms with van der Waals surface area (Å²) in [5, 5.41) is 12.6. The number of aromatic nitrogens is 1. The zero-order chi connectivity index (χ0) is 17.8. The highest BCUT2D eigenvalue weighted by atomic mass is 32.2. The van der Waals surface area contributed by atoms with Crippen LogP contribution in [0.3, 0.4) is 0 Å². The highest BCUT2D eigenvalue weighted by Gasteiger charge is 2.21. The summed E-state index contributed by atoms with van der Waals surface area (Å²) < 4.78 is 0. The van der Waals surface area contributed by atoms with Crippen LogP contribution < -0.4 is 5.32 Å². The summed E-state index contributed by atoms with van der Waals surface area (Å²) in [7, 11) is 0. The molecule has 6 heteroatoms. The Labute approximate surface area is 150 Å². The lowest BCUT2D eigenvalue weighted by molar-refractivity contribution is -0.113. The predicted octanol–water partition coefficient (Wildman–Crippen LogP) is 3.51. The molecule has 0 aliphatic heterocycles. The number of carbonyl (C=O) groups is 2. The number of nitrogens with zero attached hydrogens (tertiary/aromatic N) is 2. The van der Waals surface area contributed by atoms with Crippen molar-refractivity contribution in [2.24, 2.45) is 0 Å². The molecular weight excluding hydrogens is 334 g/mol. The van der Waals surface area contributed by atoms with E-state index in [2.05, 4.69) is 16.4 Å². The Kier molecular flexibility index (Phi) is 5.15. The van der Waals surface area contributed by atoms with E-state index in [1.165, 1.54) is 11.8 Å². The summed E-state index contributed by atoms with van der Waals surface area (Å²) >= 11 is 1.22. The maximum atomic E-state index is 12.1. The van der Waals surface area contributed by atoms with Crippen molar-refractivity contribution < 1.29 is 9.59 Å². The maximum absolute atomic E-state index is 12.1. The van der Waals surface area contributed by atoms with E-state index in [1.54, 1.807) is 6.07 Å². The van der Waals surface area contributed by atoms with Crippen LogP contribution in [0.5, 0.6) is 0 Å². The zero-order valence-corrected chi connectivity index (χ0v) is 14.7. The molecule has 0 spiro atoms. The van der Waals surface area contributed by atoms with Crippen LogP contribution in [0, 0.1) is 18.3 Å². The van der Waals surface area contributed by atoms with Gasteiger partial charge in [-0.05, 0) is 38.0 Å². The first kappa shape index (κ1) is 17.2. The van der Waals surface area contributed by atoms with E-state index < -0.39 is 0 Å². The average Bonchev–Trinajstić information content (AvgIpc) is 2.61. The summed E-state index contributed by atoms with van der Waals surface area (Å²) in [5.74, 6) is 0.0368. The van der Waals surface area contributed by atoms with Crippen LogP contribution in [0.25, 0.3) is 0 Å². The molecule has 1 aliphatic rings. The van der Waals surface area contributed by atoms with Gasteiger partial charge in [-0.15, -0.1) is 0 Å². The van der Waals surface area contributed by atoms with Crippen LogP contribution in [-0.2, 0) is 11.2 Å². The molecule has 1 heterocycles. The smallest absolute Gasteiger partial charge is 0.234 e. The predicted molar refractivity (Wildman–Crippen MR) is 96.8 cm³/mol. The summed E-state index contributed by atoms with van der Waals surface area (Å²) in [6.45, 7) is 1.98. The highest BCUT2D eigenvalue weighted by molar-refractivity contribution is 8.00. The van der Waals surface area contributed by atoms with E-state index in [9.17, 15) is 14.9 Å². The van der Waals surface area contributed by atoms with Gasteiger partial charge < -0.3 is 5.32 Å². The Morgan fingerprint density at radius 1 is 1.32 bits per heavy atom. The van der Waals surface area contributed by atoms with E-state index in [-0.39, 0.29) is 17.4 Å². The normalized spacial score (nSPS) is 13.0. The fraction of sp³-hybridized carbons (Fsp3) is 0.263. The molecule has 1 aromatic heterocycles. The Balaban J connectivity index is 1.70. The Morgan fingerprint density at radius 2 is 2.08 bits per heavy atom. The molecule has 1 aliphatic carbocycles. The molecule has 0 radical (unpaired) electrons. The number of thioether (sulfide) groups is 1. The number of hydrogen-bond donors (Lipinski definition) is 1. The number of nitriles is 1. The quantitative estimate of drug-likeness (QED) is 0.852. The minimum absolute atomic E-state index is 0.0407. The zero-order valence-electron chi connectivity index (χ0n) is 13.8. The minimum atomic E-state index is -0.159. The van der Waals surface area contributed by atoms with Crippen molar-refractivity contribution in [1.82, 2.24) is 4.98 Å².